The summed E-state index contributed by atoms with van der Waals surface area (Å²) in [5.74, 6) is -1.34. The van der Waals surface area contributed by atoms with E-state index < -0.39 is 12.3 Å². The van der Waals surface area contributed by atoms with E-state index in [-0.39, 0.29) is 5.69 Å². The summed E-state index contributed by atoms with van der Waals surface area (Å²) >= 11 is 5.91. The van der Waals surface area contributed by atoms with Crippen molar-refractivity contribution in [2.45, 2.75) is 6.43 Å². The molecular weight excluding hydrogens is 238 g/mol. The second-order valence-corrected chi connectivity index (χ2v) is 3.76. The van der Waals surface area contributed by atoms with Crippen LogP contribution in [0, 0.1) is 0 Å². The lowest BCUT2D eigenvalue weighted by Crippen LogP contribution is -2.20. The van der Waals surface area contributed by atoms with E-state index in [0.717, 1.165) is 5.69 Å². The average molecular weight is 249 g/mol. The van der Waals surface area contributed by atoms with Crippen LogP contribution in [-0.2, 0) is 4.79 Å². The number of rotatable bonds is 3. The first-order valence-electron chi connectivity index (χ1n) is 4.47. The summed E-state index contributed by atoms with van der Waals surface area (Å²) in [4.78, 5) is 12.5. The van der Waals surface area contributed by atoms with Gasteiger partial charge in [-0.05, 0) is 18.2 Å². The number of benzene rings is 1. The summed E-state index contributed by atoms with van der Waals surface area (Å²) in [5, 5.41) is 2.44. The van der Waals surface area contributed by atoms with Gasteiger partial charge in [-0.2, -0.15) is 8.78 Å². The molecule has 0 aliphatic carbocycles. The van der Waals surface area contributed by atoms with Crippen LogP contribution in [0.1, 0.15) is 0 Å². The molecule has 0 fully saturated rings. The summed E-state index contributed by atoms with van der Waals surface area (Å²) in [6, 6.07) is 4.59. The quantitative estimate of drug-likeness (QED) is 0.892. The van der Waals surface area contributed by atoms with Gasteiger partial charge < -0.3 is 10.2 Å². The summed E-state index contributed by atoms with van der Waals surface area (Å²) in [7, 11) is 3.61. The number of nitrogens with one attached hydrogen (secondary N) is 1. The largest absolute Gasteiger partial charge is 0.376 e. The Balaban J connectivity index is 2.85. The molecule has 88 valence electrons. The minimum Gasteiger partial charge on any atom is -0.376 e. The number of hydrogen-bond acceptors (Lipinski definition) is 2. The Labute approximate surface area is 97.0 Å². The van der Waals surface area contributed by atoms with Crippen molar-refractivity contribution in [2.75, 3.05) is 24.3 Å². The average Bonchev–Trinajstić information content (AvgIpc) is 2.16. The minimum atomic E-state index is -3.03. The maximum atomic E-state index is 12.0. The molecule has 0 bridgehead atoms. The second kappa shape index (κ2) is 5.12. The molecule has 1 amide bonds. The molecule has 0 aliphatic rings. The number of amides is 1. The predicted octanol–water partition coefficient (Wildman–Crippen LogP) is 2.61. The van der Waals surface area contributed by atoms with Gasteiger partial charge in [0.2, 0.25) is 0 Å². The lowest BCUT2D eigenvalue weighted by Gasteiger charge is -2.15. The summed E-state index contributed by atoms with van der Waals surface area (Å²) < 4.78 is 23.9. The van der Waals surface area contributed by atoms with Crippen molar-refractivity contribution >= 4 is 28.9 Å². The van der Waals surface area contributed by atoms with Gasteiger partial charge in [-0.3, -0.25) is 4.79 Å². The fourth-order valence-corrected chi connectivity index (χ4v) is 1.49. The number of anilines is 2. The van der Waals surface area contributed by atoms with Crippen molar-refractivity contribution < 1.29 is 13.6 Å². The lowest BCUT2D eigenvalue weighted by molar-refractivity contribution is -0.126. The molecular formula is C10H11ClF2N2O. The van der Waals surface area contributed by atoms with Crippen LogP contribution in [0.2, 0.25) is 5.02 Å². The van der Waals surface area contributed by atoms with Crippen LogP contribution in [-0.4, -0.2) is 26.4 Å². The molecule has 1 N–H and O–H groups in total. The Kier molecular flexibility index (Phi) is 4.06. The van der Waals surface area contributed by atoms with Gasteiger partial charge in [0, 0.05) is 19.8 Å². The zero-order valence-electron chi connectivity index (χ0n) is 8.80. The monoisotopic (exact) mass is 248 g/mol. The van der Waals surface area contributed by atoms with E-state index >= 15 is 0 Å². The van der Waals surface area contributed by atoms with E-state index in [2.05, 4.69) is 5.32 Å². The first-order chi connectivity index (χ1) is 7.41. The highest BCUT2D eigenvalue weighted by atomic mass is 35.5. The summed E-state index contributed by atoms with van der Waals surface area (Å²) in [6.07, 6.45) is -3.03. The maximum absolute atomic E-state index is 12.0. The number of hydrogen-bond donors (Lipinski definition) is 1. The molecule has 0 radical (unpaired) electrons. The number of carbonyl (C=O) groups is 1. The van der Waals surface area contributed by atoms with Gasteiger partial charge >= 0.3 is 6.43 Å². The molecule has 1 aromatic rings. The van der Waals surface area contributed by atoms with Gasteiger partial charge in [-0.25, -0.2) is 0 Å². The zero-order chi connectivity index (χ0) is 12.3. The Hall–Kier alpha value is -1.36. The number of halogens is 3. The third-order valence-corrected chi connectivity index (χ3v) is 2.20. The van der Waals surface area contributed by atoms with Gasteiger partial charge in [-0.15, -0.1) is 0 Å². The number of carbonyl (C=O) groups excluding carboxylic acids is 1. The van der Waals surface area contributed by atoms with Crippen molar-refractivity contribution in [1.29, 1.82) is 0 Å². The maximum Gasteiger partial charge on any atom is 0.315 e. The summed E-state index contributed by atoms with van der Waals surface area (Å²) in [6.45, 7) is 0. The van der Waals surface area contributed by atoms with Gasteiger partial charge in [0.1, 0.15) is 0 Å². The van der Waals surface area contributed by atoms with Gasteiger partial charge in [0.25, 0.3) is 5.91 Å². The van der Waals surface area contributed by atoms with Gasteiger partial charge in [0.15, 0.2) is 0 Å². The molecule has 0 unspecified atom stereocenters. The first-order valence-corrected chi connectivity index (χ1v) is 4.85. The van der Waals surface area contributed by atoms with Crippen LogP contribution in [0.25, 0.3) is 0 Å². The lowest BCUT2D eigenvalue weighted by atomic mass is 10.2. The van der Waals surface area contributed by atoms with E-state index in [4.69, 9.17) is 11.6 Å². The Morgan fingerprint density at radius 3 is 2.50 bits per heavy atom. The molecule has 0 heterocycles. The van der Waals surface area contributed by atoms with E-state index in [0.29, 0.717) is 5.02 Å². The third-order valence-electron chi connectivity index (χ3n) is 1.90. The topological polar surface area (TPSA) is 32.3 Å². The van der Waals surface area contributed by atoms with Crippen LogP contribution in [0.15, 0.2) is 18.2 Å². The smallest absolute Gasteiger partial charge is 0.315 e. The Bertz CT molecular complexity index is 396. The molecule has 1 aromatic carbocycles. The third kappa shape index (κ3) is 3.06. The van der Waals surface area contributed by atoms with Crippen molar-refractivity contribution in [3.63, 3.8) is 0 Å². The SMILES string of the molecule is CN(C)c1ccc(NC(=O)C(F)F)cc1Cl. The van der Waals surface area contributed by atoms with Crippen LogP contribution in [0.5, 0.6) is 0 Å². The fourth-order valence-electron chi connectivity index (χ4n) is 1.14. The predicted molar refractivity (Wildman–Crippen MR) is 60.4 cm³/mol. The van der Waals surface area contributed by atoms with Crippen LogP contribution < -0.4 is 10.2 Å². The molecule has 0 spiro atoms. The molecule has 6 heteroatoms. The van der Waals surface area contributed by atoms with Crippen molar-refractivity contribution in [2.24, 2.45) is 0 Å². The van der Waals surface area contributed by atoms with Gasteiger partial charge in [0.05, 0.1) is 10.7 Å². The molecule has 16 heavy (non-hydrogen) atoms. The fraction of sp³-hybridized carbons (Fsp3) is 0.300. The zero-order valence-corrected chi connectivity index (χ0v) is 9.55. The van der Waals surface area contributed by atoms with Crippen molar-refractivity contribution in [3.05, 3.63) is 23.2 Å². The Morgan fingerprint density at radius 2 is 2.06 bits per heavy atom. The number of nitrogens with zero attached hydrogens (tertiary/aromatic N) is 1. The molecule has 0 atom stereocenters. The first kappa shape index (κ1) is 12.7. The molecule has 0 aromatic heterocycles. The molecule has 1 rings (SSSR count). The molecule has 0 aliphatic heterocycles. The molecule has 3 nitrogen and oxygen atoms in total. The van der Waals surface area contributed by atoms with Crippen LogP contribution in [0.3, 0.4) is 0 Å². The highest BCUT2D eigenvalue weighted by Crippen LogP contribution is 2.27. The van der Waals surface area contributed by atoms with E-state index in [1.54, 1.807) is 25.1 Å². The molecule has 0 saturated carbocycles. The van der Waals surface area contributed by atoms with E-state index in [1.165, 1.54) is 12.1 Å². The highest BCUT2D eigenvalue weighted by molar-refractivity contribution is 6.33. The van der Waals surface area contributed by atoms with E-state index in [1.807, 2.05) is 0 Å². The second-order valence-electron chi connectivity index (χ2n) is 3.35. The Morgan fingerprint density at radius 1 is 1.44 bits per heavy atom. The van der Waals surface area contributed by atoms with E-state index in [9.17, 15) is 13.6 Å². The standard InChI is InChI=1S/C10H11ClF2N2O/c1-15(2)8-4-3-6(5-7(8)11)14-10(16)9(12)13/h3-5,9H,1-2H3,(H,14,16). The molecule has 0 saturated heterocycles. The minimum absolute atomic E-state index is 0.251. The van der Waals surface area contributed by atoms with Crippen LogP contribution >= 0.6 is 11.6 Å². The van der Waals surface area contributed by atoms with Crippen molar-refractivity contribution in [3.8, 4) is 0 Å². The number of alkyl halides is 2. The van der Waals surface area contributed by atoms with Crippen molar-refractivity contribution in [1.82, 2.24) is 0 Å². The highest BCUT2D eigenvalue weighted by Gasteiger charge is 2.15. The normalized spacial score (nSPS) is 10.4. The van der Waals surface area contributed by atoms with Crippen LogP contribution in [0.4, 0.5) is 20.2 Å². The summed E-state index contributed by atoms with van der Waals surface area (Å²) in [5.41, 5.74) is 0.998. The van der Waals surface area contributed by atoms with Gasteiger partial charge in [-0.1, -0.05) is 11.6 Å².